The molecule has 0 heterocycles. The van der Waals surface area contributed by atoms with E-state index in [9.17, 15) is 0 Å². The van der Waals surface area contributed by atoms with Crippen LogP contribution in [0.15, 0.2) is 0 Å². The number of unbranched alkanes of at least 4 members (excludes halogenated alkanes) is 18. The van der Waals surface area contributed by atoms with Gasteiger partial charge in [-0.05, 0) is 25.7 Å². The van der Waals surface area contributed by atoms with Gasteiger partial charge in [0.15, 0.2) is 0 Å². The van der Waals surface area contributed by atoms with E-state index in [1.54, 1.807) is 0 Å². The molecule has 0 aliphatic heterocycles. The van der Waals surface area contributed by atoms with E-state index in [0.717, 1.165) is 13.2 Å². The molecule has 0 aromatic carbocycles. The summed E-state index contributed by atoms with van der Waals surface area (Å²) in [5, 5.41) is 0. The lowest BCUT2D eigenvalue weighted by molar-refractivity contribution is 0.0153. The summed E-state index contributed by atoms with van der Waals surface area (Å²) in [7, 11) is 4.20. The van der Waals surface area contributed by atoms with Crippen LogP contribution in [0.3, 0.4) is 0 Å². The largest absolute Gasteiger partial charge is 0.379 e. The summed E-state index contributed by atoms with van der Waals surface area (Å²) in [5.74, 6) is 2.66. The third-order valence-electron chi connectivity index (χ3n) is 7.63. The number of rotatable bonds is 43. The van der Waals surface area contributed by atoms with E-state index in [1.807, 2.05) is 0 Å². The molecule has 46 heavy (non-hydrogen) atoms. The predicted molar refractivity (Wildman–Crippen MR) is 200 cm³/mol. The van der Waals surface area contributed by atoms with Gasteiger partial charge in [-0.25, -0.2) is 0 Å². The molecule has 0 radical (unpaired) electrons. The Balaban J connectivity index is 3.03. The zero-order chi connectivity index (χ0) is 33.1. The summed E-state index contributed by atoms with van der Waals surface area (Å²) in [6.45, 7) is 9.18. The van der Waals surface area contributed by atoms with E-state index >= 15 is 0 Å². The van der Waals surface area contributed by atoms with Crippen molar-refractivity contribution in [2.24, 2.45) is 11.5 Å². The van der Waals surface area contributed by atoms with E-state index in [2.05, 4.69) is 21.6 Å². The van der Waals surface area contributed by atoms with Gasteiger partial charge in [0.1, 0.15) is 0 Å². The molecule has 0 saturated heterocycles. The second-order valence-electron chi connectivity index (χ2n) is 12.0. The first-order valence-corrected chi connectivity index (χ1v) is 21.5. The molecule has 0 atom stereocenters. The molecule has 0 aliphatic carbocycles. The van der Waals surface area contributed by atoms with Crippen LogP contribution < -0.4 is 11.5 Å². The van der Waals surface area contributed by atoms with Gasteiger partial charge in [-0.2, -0.15) is 0 Å². The van der Waals surface area contributed by atoms with Gasteiger partial charge in [-0.3, -0.25) is 0 Å². The monoisotopic (exact) mass is 697 g/mol. The van der Waals surface area contributed by atoms with Crippen molar-refractivity contribution in [3.05, 3.63) is 0 Å². The normalized spacial score (nSPS) is 11.6. The van der Waals surface area contributed by atoms with Crippen LogP contribution in [-0.4, -0.2) is 104 Å². The standard InChI is InChI=1S/C36H76N2O6S2/c37-21-25-41-29-33-43-31-27-39-23-17-13-9-5-1-3-7-11-15-19-35-45-46-36-20-16-12-8-4-2-6-10-14-18-24-40-28-32-44-34-30-42-26-22-38/h1-38H2. The van der Waals surface area contributed by atoms with Crippen LogP contribution in [0.4, 0.5) is 0 Å². The van der Waals surface area contributed by atoms with Crippen LogP contribution in [0.1, 0.15) is 128 Å². The Labute approximate surface area is 293 Å². The number of hydrogen-bond donors (Lipinski definition) is 2. The Kier molecular flexibility index (Phi) is 45.8. The first-order valence-electron chi connectivity index (χ1n) is 19.0. The summed E-state index contributed by atoms with van der Waals surface area (Å²) in [5.41, 5.74) is 10.7. The Bertz CT molecular complexity index is 485. The summed E-state index contributed by atoms with van der Waals surface area (Å²) in [4.78, 5) is 0. The summed E-state index contributed by atoms with van der Waals surface area (Å²) >= 11 is 0. The molecule has 0 aliphatic rings. The average molecular weight is 697 g/mol. The van der Waals surface area contributed by atoms with Crippen LogP contribution in [0.25, 0.3) is 0 Å². The van der Waals surface area contributed by atoms with Crippen LogP contribution in [0, 0.1) is 0 Å². The van der Waals surface area contributed by atoms with Crippen LogP contribution >= 0.6 is 21.6 Å². The zero-order valence-corrected chi connectivity index (χ0v) is 31.5. The van der Waals surface area contributed by atoms with Crippen molar-refractivity contribution in [1.82, 2.24) is 0 Å². The van der Waals surface area contributed by atoms with Gasteiger partial charge in [-0.1, -0.05) is 124 Å². The minimum Gasteiger partial charge on any atom is -0.379 e. The molecule has 8 nitrogen and oxygen atoms in total. The van der Waals surface area contributed by atoms with E-state index in [-0.39, 0.29) is 0 Å². The predicted octanol–water partition coefficient (Wildman–Crippen LogP) is 8.19. The molecule has 0 bridgehead atoms. The third kappa shape index (κ3) is 44.4. The molecule has 0 aromatic rings. The first kappa shape index (κ1) is 46.4. The van der Waals surface area contributed by atoms with E-state index in [4.69, 9.17) is 39.9 Å². The maximum absolute atomic E-state index is 5.63. The highest BCUT2D eigenvalue weighted by Crippen LogP contribution is 2.25. The average Bonchev–Trinajstić information content (AvgIpc) is 3.07. The van der Waals surface area contributed by atoms with Crippen LogP contribution in [0.5, 0.6) is 0 Å². The van der Waals surface area contributed by atoms with Crippen molar-refractivity contribution in [3.8, 4) is 0 Å². The fourth-order valence-corrected chi connectivity index (χ4v) is 7.22. The lowest BCUT2D eigenvalue weighted by atomic mass is 10.1. The van der Waals surface area contributed by atoms with Gasteiger partial charge in [0.2, 0.25) is 0 Å². The second-order valence-corrected chi connectivity index (χ2v) is 14.7. The fourth-order valence-electron chi connectivity index (χ4n) is 4.93. The lowest BCUT2D eigenvalue weighted by Gasteiger charge is -2.06. The second kappa shape index (κ2) is 45.4. The molecule has 4 N–H and O–H groups in total. The first-order chi connectivity index (χ1) is 22.9. The van der Waals surface area contributed by atoms with Gasteiger partial charge in [-0.15, -0.1) is 0 Å². The quantitative estimate of drug-likeness (QED) is 0.0479. The topological polar surface area (TPSA) is 107 Å². The maximum Gasteiger partial charge on any atom is 0.0701 e. The SMILES string of the molecule is NCCOCCOCCOCCCCCCCCCCCCSSCCCCCCCCCCCCOCCOCCOCCN. The zero-order valence-electron chi connectivity index (χ0n) is 29.9. The summed E-state index contributed by atoms with van der Waals surface area (Å²) in [6.07, 6.45) is 27.2. The van der Waals surface area contributed by atoms with Crippen molar-refractivity contribution in [2.75, 3.05) is 104 Å². The molecule has 0 saturated carbocycles. The van der Waals surface area contributed by atoms with Crippen LogP contribution in [0.2, 0.25) is 0 Å². The minimum atomic E-state index is 0.566. The third-order valence-corrected chi connectivity index (χ3v) is 10.2. The molecule has 278 valence electrons. The number of ether oxygens (including phenoxy) is 6. The lowest BCUT2D eigenvalue weighted by Crippen LogP contribution is -2.13. The van der Waals surface area contributed by atoms with E-state index in [1.165, 1.54) is 140 Å². The number of hydrogen-bond acceptors (Lipinski definition) is 10. The van der Waals surface area contributed by atoms with E-state index < -0.39 is 0 Å². The minimum absolute atomic E-state index is 0.566. The van der Waals surface area contributed by atoms with Crippen molar-refractivity contribution in [1.29, 1.82) is 0 Å². The molecular weight excluding hydrogens is 621 g/mol. The molecule has 0 amide bonds. The Morgan fingerprint density at radius 1 is 0.239 bits per heavy atom. The van der Waals surface area contributed by atoms with Gasteiger partial charge in [0.05, 0.1) is 66.1 Å². The number of nitrogens with two attached hydrogens (primary N) is 2. The van der Waals surface area contributed by atoms with E-state index in [0.29, 0.717) is 79.2 Å². The Hall–Kier alpha value is 0.380. The highest BCUT2D eigenvalue weighted by atomic mass is 33.1. The molecular formula is C36H76N2O6S2. The van der Waals surface area contributed by atoms with Crippen molar-refractivity contribution < 1.29 is 28.4 Å². The Morgan fingerprint density at radius 2 is 0.457 bits per heavy atom. The van der Waals surface area contributed by atoms with Crippen molar-refractivity contribution in [3.63, 3.8) is 0 Å². The molecule has 0 unspecified atom stereocenters. The van der Waals surface area contributed by atoms with Crippen molar-refractivity contribution in [2.45, 2.75) is 128 Å². The summed E-state index contributed by atoms with van der Waals surface area (Å²) < 4.78 is 32.7. The molecule has 0 fully saturated rings. The molecule has 0 spiro atoms. The molecule has 0 rings (SSSR count). The van der Waals surface area contributed by atoms with Gasteiger partial charge in [0.25, 0.3) is 0 Å². The molecule has 10 heteroatoms. The van der Waals surface area contributed by atoms with Crippen LogP contribution in [-0.2, 0) is 28.4 Å². The molecule has 0 aromatic heterocycles. The van der Waals surface area contributed by atoms with Crippen molar-refractivity contribution >= 4 is 21.6 Å². The van der Waals surface area contributed by atoms with Gasteiger partial charge >= 0.3 is 0 Å². The smallest absolute Gasteiger partial charge is 0.0701 e. The Morgan fingerprint density at radius 3 is 0.739 bits per heavy atom. The van der Waals surface area contributed by atoms with Gasteiger partial charge < -0.3 is 39.9 Å². The van der Waals surface area contributed by atoms with Gasteiger partial charge in [0, 0.05) is 37.8 Å². The highest BCUT2D eigenvalue weighted by Gasteiger charge is 1.98. The highest BCUT2D eigenvalue weighted by molar-refractivity contribution is 8.76. The summed E-state index contributed by atoms with van der Waals surface area (Å²) in [6, 6.07) is 0. The fraction of sp³-hybridized carbons (Fsp3) is 1.00. The maximum atomic E-state index is 5.63.